The highest BCUT2D eigenvalue weighted by Crippen LogP contribution is 2.26. The van der Waals surface area contributed by atoms with Gasteiger partial charge >= 0.3 is 0 Å². The van der Waals surface area contributed by atoms with Crippen LogP contribution < -0.4 is 0 Å². The highest BCUT2D eigenvalue weighted by Gasteiger charge is 2.19. The SMILES string of the molecule is CN(CCC(=O)c1ccc(Br)cc1)CC1CCC1. The number of ketones is 1. The maximum atomic E-state index is 12.0. The molecule has 0 bridgehead atoms. The van der Waals surface area contributed by atoms with Crippen molar-refractivity contribution in [2.75, 3.05) is 20.1 Å². The van der Waals surface area contributed by atoms with Crippen molar-refractivity contribution in [3.63, 3.8) is 0 Å². The fraction of sp³-hybridized carbons (Fsp3) is 0.533. The van der Waals surface area contributed by atoms with Crippen molar-refractivity contribution < 1.29 is 4.79 Å². The number of rotatable bonds is 6. The fourth-order valence-electron chi connectivity index (χ4n) is 2.28. The Labute approximate surface area is 117 Å². The summed E-state index contributed by atoms with van der Waals surface area (Å²) in [6.45, 7) is 2.01. The molecular weight excluding hydrogens is 290 g/mol. The maximum Gasteiger partial charge on any atom is 0.164 e. The third-order valence-corrected chi connectivity index (χ3v) is 4.21. The Balaban J connectivity index is 1.75. The molecule has 0 N–H and O–H groups in total. The standard InChI is InChI=1S/C15H20BrNO/c1-17(11-12-3-2-4-12)10-9-15(18)13-5-7-14(16)8-6-13/h5-8,12H,2-4,9-11H2,1H3. The van der Waals surface area contributed by atoms with Crippen LogP contribution in [-0.2, 0) is 0 Å². The molecule has 0 amide bonds. The second-order valence-corrected chi connectivity index (χ2v) is 6.15. The van der Waals surface area contributed by atoms with Gasteiger partial charge in [-0.05, 0) is 37.9 Å². The fourth-order valence-corrected chi connectivity index (χ4v) is 2.54. The van der Waals surface area contributed by atoms with Crippen molar-refractivity contribution in [2.45, 2.75) is 25.7 Å². The summed E-state index contributed by atoms with van der Waals surface area (Å²) in [5, 5.41) is 0. The Morgan fingerprint density at radius 3 is 2.56 bits per heavy atom. The van der Waals surface area contributed by atoms with E-state index in [1.807, 2.05) is 24.3 Å². The van der Waals surface area contributed by atoms with Crippen LogP contribution in [0.3, 0.4) is 0 Å². The van der Waals surface area contributed by atoms with Crippen LogP contribution >= 0.6 is 15.9 Å². The molecule has 1 aliphatic rings. The van der Waals surface area contributed by atoms with Crippen molar-refractivity contribution >= 4 is 21.7 Å². The number of carbonyl (C=O) groups excluding carboxylic acids is 1. The molecule has 1 aliphatic carbocycles. The van der Waals surface area contributed by atoms with Gasteiger partial charge in [0.2, 0.25) is 0 Å². The number of Topliss-reactive ketones (excluding diaryl/α,β-unsaturated/α-hetero) is 1. The molecule has 2 rings (SSSR count). The summed E-state index contributed by atoms with van der Waals surface area (Å²) in [5.41, 5.74) is 0.815. The van der Waals surface area contributed by atoms with Gasteiger partial charge in [0.25, 0.3) is 0 Å². The molecular formula is C15H20BrNO. The molecule has 0 heterocycles. The van der Waals surface area contributed by atoms with Crippen molar-refractivity contribution in [3.05, 3.63) is 34.3 Å². The van der Waals surface area contributed by atoms with Gasteiger partial charge in [-0.25, -0.2) is 0 Å². The third-order valence-electron chi connectivity index (χ3n) is 3.68. The molecule has 0 saturated heterocycles. The third kappa shape index (κ3) is 3.92. The minimum absolute atomic E-state index is 0.239. The predicted molar refractivity (Wildman–Crippen MR) is 77.9 cm³/mol. The average Bonchev–Trinajstić information content (AvgIpc) is 2.32. The van der Waals surface area contributed by atoms with Gasteiger partial charge in [-0.1, -0.05) is 34.5 Å². The van der Waals surface area contributed by atoms with Gasteiger partial charge in [-0.15, -0.1) is 0 Å². The number of hydrogen-bond acceptors (Lipinski definition) is 2. The first kappa shape index (κ1) is 13.8. The van der Waals surface area contributed by atoms with Crippen molar-refractivity contribution in [2.24, 2.45) is 5.92 Å². The van der Waals surface area contributed by atoms with Gasteiger partial charge in [0.15, 0.2) is 5.78 Å². The molecule has 1 saturated carbocycles. The van der Waals surface area contributed by atoms with Crippen LogP contribution in [-0.4, -0.2) is 30.8 Å². The Bertz CT molecular complexity index is 397. The molecule has 0 spiro atoms. The molecule has 0 atom stereocenters. The summed E-state index contributed by atoms with van der Waals surface area (Å²) in [6, 6.07) is 7.62. The maximum absolute atomic E-state index is 12.0. The summed E-state index contributed by atoms with van der Waals surface area (Å²) in [4.78, 5) is 14.3. The van der Waals surface area contributed by atoms with E-state index in [1.165, 1.54) is 19.3 Å². The normalized spacial score (nSPS) is 15.7. The Hall–Kier alpha value is -0.670. The lowest BCUT2D eigenvalue weighted by Gasteiger charge is -2.29. The summed E-state index contributed by atoms with van der Waals surface area (Å²) < 4.78 is 1.01. The van der Waals surface area contributed by atoms with Crippen LogP contribution in [0.1, 0.15) is 36.0 Å². The number of hydrogen-bond donors (Lipinski definition) is 0. The van der Waals surface area contributed by atoms with Gasteiger partial charge in [0.05, 0.1) is 0 Å². The Kier molecular flexibility index (Phi) is 4.95. The molecule has 0 aromatic heterocycles. The van der Waals surface area contributed by atoms with Gasteiger partial charge in [0, 0.05) is 29.5 Å². The van der Waals surface area contributed by atoms with E-state index in [4.69, 9.17) is 0 Å². The summed E-state index contributed by atoms with van der Waals surface area (Å²) in [7, 11) is 2.12. The van der Waals surface area contributed by atoms with Gasteiger partial charge in [-0.2, -0.15) is 0 Å². The summed E-state index contributed by atoms with van der Waals surface area (Å²) >= 11 is 3.38. The number of benzene rings is 1. The average molecular weight is 310 g/mol. The molecule has 0 aliphatic heterocycles. The zero-order valence-electron chi connectivity index (χ0n) is 10.9. The Morgan fingerprint density at radius 2 is 2.00 bits per heavy atom. The summed E-state index contributed by atoms with van der Waals surface area (Å²) in [6.07, 6.45) is 4.73. The molecule has 98 valence electrons. The lowest BCUT2D eigenvalue weighted by Crippen LogP contribution is -2.31. The molecule has 18 heavy (non-hydrogen) atoms. The van der Waals surface area contributed by atoms with E-state index in [0.29, 0.717) is 6.42 Å². The van der Waals surface area contributed by atoms with Crippen molar-refractivity contribution in [3.8, 4) is 0 Å². The van der Waals surface area contributed by atoms with E-state index in [2.05, 4.69) is 27.9 Å². The second-order valence-electron chi connectivity index (χ2n) is 5.24. The quantitative estimate of drug-likeness (QED) is 0.746. The van der Waals surface area contributed by atoms with Gasteiger partial charge in [0.1, 0.15) is 0 Å². The molecule has 0 radical (unpaired) electrons. The van der Waals surface area contributed by atoms with Crippen LogP contribution in [0, 0.1) is 5.92 Å². The highest BCUT2D eigenvalue weighted by atomic mass is 79.9. The molecule has 2 nitrogen and oxygen atoms in total. The first-order valence-corrected chi connectivity index (χ1v) is 7.42. The number of carbonyl (C=O) groups is 1. The van der Waals surface area contributed by atoms with Crippen LogP contribution in [0.2, 0.25) is 0 Å². The minimum atomic E-state index is 0.239. The van der Waals surface area contributed by atoms with Crippen LogP contribution in [0.4, 0.5) is 0 Å². The largest absolute Gasteiger partial charge is 0.306 e. The predicted octanol–water partition coefficient (Wildman–Crippen LogP) is 3.75. The van der Waals surface area contributed by atoms with Crippen LogP contribution in [0.5, 0.6) is 0 Å². The van der Waals surface area contributed by atoms with Gasteiger partial charge in [-0.3, -0.25) is 4.79 Å². The van der Waals surface area contributed by atoms with Crippen LogP contribution in [0.15, 0.2) is 28.7 Å². The topological polar surface area (TPSA) is 20.3 Å². The zero-order chi connectivity index (χ0) is 13.0. The monoisotopic (exact) mass is 309 g/mol. The Morgan fingerprint density at radius 1 is 1.33 bits per heavy atom. The van der Waals surface area contributed by atoms with Crippen molar-refractivity contribution in [1.29, 1.82) is 0 Å². The first-order valence-electron chi connectivity index (χ1n) is 6.62. The molecule has 1 aromatic carbocycles. The molecule has 1 fully saturated rings. The first-order chi connectivity index (χ1) is 8.65. The zero-order valence-corrected chi connectivity index (χ0v) is 12.4. The summed E-state index contributed by atoms with van der Waals surface area (Å²) in [5.74, 6) is 1.11. The van der Waals surface area contributed by atoms with E-state index in [9.17, 15) is 4.79 Å². The number of nitrogens with zero attached hydrogens (tertiary/aromatic N) is 1. The lowest BCUT2D eigenvalue weighted by molar-refractivity contribution is 0.0961. The van der Waals surface area contributed by atoms with E-state index in [0.717, 1.165) is 29.0 Å². The second kappa shape index (κ2) is 6.48. The van der Waals surface area contributed by atoms with E-state index < -0.39 is 0 Å². The van der Waals surface area contributed by atoms with Crippen molar-refractivity contribution in [1.82, 2.24) is 4.90 Å². The number of halogens is 1. The smallest absolute Gasteiger partial charge is 0.164 e. The van der Waals surface area contributed by atoms with E-state index in [1.54, 1.807) is 0 Å². The highest BCUT2D eigenvalue weighted by molar-refractivity contribution is 9.10. The molecule has 0 unspecified atom stereocenters. The molecule has 1 aromatic rings. The molecule has 3 heteroatoms. The van der Waals surface area contributed by atoms with Gasteiger partial charge < -0.3 is 4.90 Å². The van der Waals surface area contributed by atoms with E-state index in [-0.39, 0.29) is 5.78 Å². The van der Waals surface area contributed by atoms with E-state index >= 15 is 0 Å². The minimum Gasteiger partial charge on any atom is -0.306 e. The lowest BCUT2D eigenvalue weighted by atomic mass is 9.85. The van der Waals surface area contributed by atoms with Crippen LogP contribution in [0.25, 0.3) is 0 Å².